The lowest BCUT2D eigenvalue weighted by Gasteiger charge is -2.04. The minimum Gasteiger partial charge on any atom is -0.469 e. The summed E-state index contributed by atoms with van der Waals surface area (Å²) in [5, 5.41) is 0. The molecule has 3 heteroatoms. The standard InChI is InChI=1S/C9H12O3/c1-4-5-7(2)8(10)6-9(11)12-3/h1,7H,5-6H2,2-3H3. The van der Waals surface area contributed by atoms with E-state index in [-0.39, 0.29) is 18.1 Å². The average molecular weight is 168 g/mol. The monoisotopic (exact) mass is 168 g/mol. The molecule has 0 N–H and O–H groups in total. The molecule has 1 unspecified atom stereocenters. The molecule has 0 saturated carbocycles. The van der Waals surface area contributed by atoms with Crippen LogP contribution in [-0.4, -0.2) is 18.9 Å². The molecule has 12 heavy (non-hydrogen) atoms. The maximum Gasteiger partial charge on any atom is 0.313 e. The fourth-order valence-electron chi connectivity index (χ4n) is 0.679. The van der Waals surface area contributed by atoms with Gasteiger partial charge in [0.2, 0.25) is 0 Å². The number of ketones is 1. The van der Waals surface area contributed by atoms with Crippen LogP contribution in [0.1, 0.15) is 19.8 Å². The molecule has 0 radical (unpaired) electrons. The lowest BCUT2D eigenvalue weighted by Crippen LogP contribution is -2.16. The molecule has 1 atom stereocenters. The van der Waals surface area contributed by atoms with E-state index in [0.717, 1.165) is 0 Å². The first-order valence-corrected chi connectivity index (χ1v) is 3.64. The van der Waals surface area contributed by atoms with Gasteiger partial charge in [0, 0.05) is 12.3 Å². The van der Waals surface area contributed by atoms with E-state index < -0.39 is 5.97 Å². The summed E-state index contributed by atoms with van der Waals surface area (Å²) in [5.74, 6) is 1.43. The number of Topliss-reactive ketones (excluding diaryl/α,β-unsaturated/α-hetero) is 1. The van der Waals surface area contributed by atoms with Gasteiger partial charge < -0.3 is 4.74 Å². The highest BCUT2D eigenvalue weighted by atomic mass is 16.5. The quantitative estimate of drug-likeness (QED) is 0.354. The zero-order chi connectivity index (χ0) is 9.56. The molecule has 0 saturated heterocycles. The van der Waals surface area contributed by atoms with E-state index in [1.165, 1.54) is 7.11 Å². The third-order valence-electron chi connectivity index (χ3n) is 1.52. The van der Waals surface area contributed by atoms with Crippen LogP contribution >= 0.6 is 0 Å². The van der Waals surface area contributed by atoms with E-state index in [1.807, 2.05) is 0 Å². The normalized spacial score (nSPS) is 11.4. The maximum atomic E-state index is 11.1. The van der Waals surface area contributed by atoms with Crippen molar-refractivity contribution in [1.29, 1.82) is 0 Å². The van der Waals surface area contributed by atoms with Crippen LogP contribution in [0, 0.1) is 18.3 Å². The molecule has 0 aliphatic rings. The Morgan fingerprint density at radius 2 is 2.17 bits per heavy atom. The molecule has 0 fully saturated rings. The Labute approximate surface area is 72.1 Å². The Morgan fingerprint density at radius 1 is 1.58 bits per heavy atom. The number of ether oxygens (including phenoxy) is 1. The average Bonchev–Trinajstić information content (AvgIpc) is 2.04. The molecule has 0 aromatic heterocycles. The predicted octanol–water partition coefficient (Wildman–Crippen LogP) is 0.778. The van der Waals surface area contributed by atoms with Crippen molar-refractivity contribution in [3.63, 3.8) is 0 Å². The predicted molar refractivity (Wildman–Crippen MR) is 44.3 cm³/mol. The number of esters is 1. The summed E-state index contributed by atoms with van der Waals surface area (Å²) < 4.78 is 4.34. The van der Waals surface area contributed by atoms with Crippen molar-refractivity contribution in [2.75, 3.05) is 7.11 Å². The van der Waals surface area contributed by atoms with E-state index in [0.29, 0.717) is 6.42 Å². The van der Waals surface area contributed by atoms with Crippen LogP contribution < -0.4 is 0 Å². The molecule has 0 rings (SSSR count). The molecule has 0 aromatic carbocycles. The van der Waals surface area contributed by atoms with Crippen molar-refractivity contribution in [2.24, 2.45) is 5.92 Å². The van der Waals surface area contributed by atoms with E-state index >= 15 is 0 Å². The Balaban J connectivity index is 3.88. The van der Waals surface area contributed by atoms with Crippen molar-refractivity contribution in [3.05, 3.63) is 0 Å². The first-order chi connectivity index (χ1) is 5.61. The van der Waals surface area contributed by atoms with Crippen LogP contribution in [0.2, 0.25) is 0 Å². The molecule has 0 amide bonds. The first kappa shape index (κ1) is 10.7. The summed E-state index contributed by atoms with van der Waals surface area (Å²) in [7, 11) is 1.25. The van der Waals surface area contributed by atoms with Gasteiger partial charge in [-0.1, -0.05) is 6.92 Å². The van der Waals surface area contributed by atoms with Crippen LogP contribution in [0.5, 0.6) is 0 Å². The van der Waals surface area contributed by atoms with Crippen LogP contribution in [0.25, 0.3) is 0 Å². The topological polar surface area (TPSA) is 43.4 Å². The molecular formula is C9H12O3. The third-order valence-corrected chi connectivity index (χ3v) is 1.52. The van der Waals surface area contributed by atoms with Crippen LogP contribution in [-0.2, 0) is 14.3 Å². The zero-order valence-electron chi connectivity index (χ0n) is 7.29. The fourth-order valence-corrected chi connectivity index (χ4v) is 0.679. The van der Waals surface area contributed by atoms with Crippen molar-refractivity contribution in [2.45, 2.75) is 19.8 Å². The van der Waals surface area contributed by atoms with E-state index in [1.54, 1.807) is 6.92 Å². The maximum absolute atomic E-state index is 11.1. The van der Waals surface area contributed by atoms with Gasteiger partial charge in [-0.2, -0.15) is 0 Å². The SMILES string of the molecule is C#CCC(C)C(=O)CC(=O)OC. The van der Waals surface area contributed by atoms with Crippen molar-refractivity contribution in [3.8, 4) is 12.3 Å². The summed E-state index contributed by atoms with van der Waals surface area (Å²) >= 11 is 0. The number of hydrogen-bond acceptors (Lipinski definition) is 3. The van der Waals surface area contributed by atoms with Crippen LogP contribution in [0.4, 0.5) is 0 Å². The molecule has 0 heterocycles. The van der Waals surface area contributed by atoms with Gasteiger partial charge in [0.05, 0.1) is 7.11 Å². The Hall–Kier alpha value is -1.30. The highest BCUT2D eigenvalue weighted by molar-refractivity contribution is 5.96. The van der Waals surface area contributed by atoms with Gasteiger partial charge in [-0.15, -0.1) is 12.3 Å². The molecule has 66 valence electrons. The summed E-state index contributed by atoms with van der Waals surface area (Å²) in [6, 6.07) is 0. The highest BCUT2D eigenvalue weighted by Crippen LogP contribution is 2.05. The van der Waals surface area contributed by atoms with Crippen LogP contribution in [0.15, 0.2) is 0 Å². The number of terminal acetylenes is 1. The van der Waals surface area contributed by atoms with Gasteiger partial charge in [-0.25, -0.2) is 0 Å². The summed E-state index contributed by atoms with van der Waals surface area (Å²) in [6.07, 6.45) is 5.20. The lowest BCUT2D eigenvalue weighted by molar-refractivity contribution is -0.144. The van der Waals surface area contributed by atoms with Gasteiger partial charge in [-0.3, -0.25) is 9.59 Å². The molecule has 0 aliphatic carbocycles. The van der Waals surface area contributed by atoms with Gasteiger partial charge in [0.1, 0.15) is 12.2 Å². The second-order valence-corrected chi connectivity index (χ2v) is 2.53. The Kier molecular flexibility index (Phi) is 4.78. The third kappa shape index (κ3) is 3.77. The first-order valence-electron chi connectivity index (χ1n) is 3.64. The number of carbonyl (C=O) groups is 2. The second-order valence-electron chi connectivity index (χ2n) is 2.53. The summed E-state index contributed by atoms with van der Waals surface area (Å²) in [6.45, 7) is 1.70. The van der Waals surface area contributed by atoms with Gasteiger partial charge in [0.15, 0.2) is 0 Å². The van der Waals surface area contributed by atoms with E-state index in [9.17, 15) is 9.59 Å². The summed E-state index contributed by atoms with van der Waals surface area (Å²) in [5.41, 5.74) is 0. The minimum absolute atomic E-state index is 0.167. The molecular weight excluding hydrogens is 156 g/mol. The van der Waals surface area contributed by atoms with Gasteiger partial charge in [-0.05, 0) is 0 Å². The Bertz CT molecular complexity index is 212. The minimum atomic E-state index is -0.510. The largest absolute Gasteiger partial charge is 0.469 e. The summed E-state index contributed by atoms with van der Waals surface area (Å²) in [4.78, 5) is 21.7. The molecule has 3 nitrogen and oxygen atoms in total. The number of methoxy groups -OCH3 is 1. The molecule has 0 spiro atoms. The molecule has 0 aromatic rings. The van der Waals surface area contributed by atoms with E-state index in [2.05, 4.69) is 10.7 Å². The van der Waals surface area contributed by atoms with Crippen molar-refractivity contribution >= 4 is 11.8 Å². The highest BCUT2D eigenvalue weighted by Gasteiger charge is 2.15. The number of hydrogen-bond donors (Lipinski definition) is 0. The lowest BCUT2D eigenvalue weighted by atomic mass is 10.0. The fraction of sp³-hybridized carbons (Fsp3) is 0.556. The van der Waals surface area contributed by atoms with Crippen molar-refractivity contribution < 1.29 is 14.3 Å². The smallest absolute Gasteiger partial charge is 0.313 e. The second kappa shape index (κ2) is 5.36. The molecule has 0 aliphatic heterocycles. The zero-order valence-corrected chi connectivity index (χ0v) is 7.29. The number of rotatable bonds is 4. The number of carbonyl (C=O) groups excluding carboxylic acids is 2. The van der Waals surface area contributed by atoms with Crippen LogP contribution in [0.3, 0.4) is 0 Å². The van der Waals surface area contributed by atoms with Crippen molar-refractivity contribution in [1.82, 2.24) is 0 Å². The van der Waals surface area contributed by atoms with Gasteiger partial charge in [0.25, 0.3) is 0 Å². The van der Waals surface area contributed by atoms with E-state index in [4.69, 9.17) is 6.42 Å². The molecule has 0 bridgehead atoms. The Morgan fingerprint density at radius 3 is 2.58 bits per heavy atom. The van der Waals surface area contributed by atoms with Gasteiger partial charge >= 0.3 is 5.97 Å².